The van der Waals surface area contributed by atoms with E-state index in [0.717, 1.165) is 16.8 Å². The molecule has 0 unspecified atom stereocenters. The maximum absolute atomic E-state index is 5.96. The molecule has 2 rings (SSSR count). The smallest absolute Gasteiger partial charge is 0.223 e. The average molecular weight is 263 g/mol. The Kier molecular flexibility index (Phi) is 3.84. The number of nitrogens with two attached hydrogens (primary N) is 1. The van der Waals surface area contributed by atoms with Gasteiger partial charge in [-0.05, 0) is 37.6 Å². The number of benzene rings is 1. The van der Waals surface area contributed by atoms with Crippen molar-refractivity contribution < 1.29 is 4.74 Å². The van der Waals surface area contributed by atoms with Crippen molar-refractivity contribution in [3.63, 3.8) is 0 Å². The molecule has 94 valence electrons. The van der Waals surface area contributed by atoms with E-state index in [2.05, 4.69) is 4.98 Å². The SMILES string of the molecule is Cc1ccc(CN)c(Oc2cc(Cl)ccc2C)n1. The quantitative estimate of drug-likeness (QED) is 0.919. The van der Waals surface area contributed by atoms with Gasteiger partial charge in [0.2, 0.25) is 5.88 Å². The van der Waals surface area contributed by atoms with E-state index >= 15 is 0 Å². The Labute approximate surface area is 112 Å². The van der Waals surface area contributed by atoms with Gasteiger partial charge >= 0.3 is 0 Å². The number of hydrogen-bond donors (Lipinski definition) is 1. The van der Waals surface area contributed by atoms with Gasteiger partial charge in [0.05, 0.1) is 0 Å². The van der Waals surface area contributed by atoms with Gasteiger partial charge in [0.1, 0.15) is 5.75 Å². The number of hydrogen-bond acceptors (Lipinski definition) is 3. The molecule has 0 aliphatic carbocycles. The van der Waals surface area contributed by atoms with E-state index < -0.39 is 0 Å². The van der Waals surface area contributed by atoms with Crippen LogP contribution >= 0.6 is 11.6 Å². The highest BCUT2D eigenvalue weighted by Gasteiger charge is 2.08. The van der Waals surface area contributed by atoms with Gasteiger partial charge in [0, 0.05) is 22.8 Å². The Balaban J connectivity index is 2.38. The van der Waals surface area contributed by atoms with Crippen LogP contribution in [0.25, 0.3) is 0 Å². The Hall–Kier alpha value is -1.58. The summed E-state index contributed by atoms with van der Waals surface area (Å²) >= 11 is 5.96. The van der Waals surface area contributed by atoms with Crippen molar-refractivity contribution in [3.05, 3.63) is 52.2 Å². The molecule has 0 spiro atoms. The molecule has 1 aromatic heterocycles. The Morgan fingerprint density at radius 1 is 1.22 bits per heavy atom. The van der Waals surface area contributed by atoms with Gasteiger partial charge in [-0.25, -0.2) is 4.98 Å². The molecule has 2 N–H and O–H groups in total. The average Bonchev–Trinajstić information content (AvgIpc) is 2.34. The standard InChI is InChI=1S/C14H15ClN2O/c1-9-3-6-12(15)7-13(9)18-14-11(8-16)5-4-10(2)17-14/h3-7H,8,16H2,1-2H3. The van der Waals surface area contributed by atoms with Crippen molar-refractivity contribution in [2.45, 2.75) is 20.4 Å². The number of aryl methyl sites for hydroxylation is 2. The third-order valence-electron chi connectivity index (χ3n) is 2.66. The summed E-state index contributed by atoms with van der Waals surface area (Å²) in [5, 5.41) is 0.637. The van der Waals surface area contributed by atoms with Crippen LogP contribution < -0.4 is 10.5 Å². The number of nitrogens with zero attached hydrogens (tertiary/aromatic N) is 1. The van der Waals surface area contributed by atoms with Gasteiger partial charge < -0.3 is 10.5 Å². The van der Waals surface area contributed by atoms with Crippen molar-refractivity contribution in [1.29, 1.82) is 0 Å². The third kappa shape index (κ3) is 2.81. The highest BCUT2D eigenvalue weighted by atomic mass is 35.5. The van der Waals surface area contributed by atoms with Crippen LogP contribution in [0.15, 0.2) is 30.3 Å². The number of halogens is 1. The number of pyridine rings is 1. The molecule has 18 heavy (non-hydrogen) atoms. The lowest BCUT2D eigenvalue weighted by Crippen LogP contribution is -2.02. The van der Waals surface area contributed by atoms with Crippen molar-refractivity contribution >= 4 is 11.6 Å². The van der Waals surface area contributed by atoms with Crippen LogP contribution in [-0.2, 0) is 6.54 Å². The first kappa shape index (κ1) is 12.9. The molecule has 0 amide bonds. The minimum absolute atomic E-state index is 0.391. The molecule has 1 heterocycles. The van der Waals surface area contributed by atoms with Crippen LogP contribution in [0, 0.1) is 13.8 Å². The van der Waals surface area contributed by atoms with Crippen LogP contribution in [0.3, 0.4) is 0 Å². The van der Waals surface area contributed by atoms with Crippen LogP contribution in [0.2, 0.25) is 5.02 Å². The van der Waals surface area contributed by atoms with Crippen molar-refractivity contribution in [1.82, 2.24) is 4.98 Å². The monoisotopic (exact) mass is 262 g/mol. The lowest BCUT2D eigenvalue weighted by molar-refractivity contribution is 0.452. The lowest BCUT2D eigenvalue weighted by Gasteiger charge is -2.11. The van der Waals surface area contributed by atoms with Crippen LogP contribution in [-0.4, -0.2) is 4.98 Å². The number of ether oxygens (including phenoxy) is 1. The van der Waals surface area contributed by atoms with E-state index in [9.17, 15) is 0 Å². The van der Waals surface area contributed by atoms with Crippen molar-refractivity contribution in [2.24, 2.45) is 5.73 Å². The molecule has 0 atom stereocenters. The van der Waals surface area contributed by atoms with E-state index in [-0.39, 0.29) is 0 Å². The second-order valence-corrected chi connectivity index (χ2v) is 4.57. The second-order valence-electron chi connectivity index (χ2n) is 4.13. The molecule has 0 aliphatic heterocycles. The fourth-order valence-corrected chi connectivity index (χ4v) is 1.76. The first-order valence-electron chi connectivity index (χ1n) is 5.70. The minimum Gasteiger partial charge on any atom is -0.438 e. The summed E-state index contributed by atoms with van der Waals surface area (Å²) in [5.74, 6) is 1.25. The maximum Gasteiger partial charge on any atom is 0.223 e. The van der Waals surface area contributed by atoms with E-state index in [1.807, 2.05) is 38.1 Å². The number of rotatable bonds is 3. The Morgan fingerprint density at radius 2 is 2.00 bits per heavy atom. The van der Waals surface area contributed by atoms with E-state index in [4.69, 9.17) is 22.1 Å². The van der Waals surface area contributed by atoms with Crippen molar-refractivity contribution in [2.75, 3.05) is 0 Å². The van der Waals surface area contributed by atoms with Gasteiger partial charge in [-0.15, -0.1) is 0 Å². The van der Waals surface area contributed by atoms with Gasteiger partial charge in [0.15, 0.2) is 0 Å². The summed E-state index contributed by atoms with van der Waals surface area (Å²) in [6, 6.07) is 9.37. The fourth-order valence-electron chi connectivity index (χ4n) is 1.59. The molecular formula is C14H15ClN2O. The molecular weight excluding hydrogens is 248 g/mol. The van der Waals surface area contributed by atoms with Crippen LogP contribution in [0.5, 0.6) is 11.6 Å². The summed E-state index contributed by atoms with van der Waals surface area (Å²) in [4.78, 5) is 4.36. The first-order valence-corrected chi connectivity index (χ1v) is 6.08. The molecule has 1 aromatic carbocycles. The maximum atomic E-state index is 5.96. The molecule has 0 fully saturated rings. The predicted molar refractivity (Wildman–Crippen MR) is 73.1 cm³/mol. The molecule has 2 aromatic rings. The van der Waals surface area contributed by atoms with Crippen LogP contribution in [0.4, 0.5) is 0 Å². The topological polar surface area (TPSA) is 48.1 Å². The zero-order valence-corrected chi connectivity index (χ0v) is 11.2. The summed E-state index contributed by atoms with van der Waals surface area (Å²) in [6.45, 7) is 4.27. The summed E-state index contributed by atoms with van der Waals surface area (Å²) < 4.78 is 5.82. The minimum atomic E-state index is 0.391. The zero-order chi connectivity index (χ0) is 13.1. The van der Waals surface area contributed by atoms with E-state index in [0.29, 0.717) is 23.2 Å². The van der Waals surface area contributed by atoms with E-state index in [1.165, 1.54) is 0 Å². The molecule has 0 saturated heterocycles. The lowest BCUT2D eigenvalue weighted by atomic mass is 10.2. The summed E-state index contributed by atoms with van der Waals surface area (Å²) in [5.41, 5.74) is 8.45. The van der Waals surface area contributed by atoms with Gasteiger partial charge in [-0.2, -0.15) is 0 Å². The molecule has 4 heteroatoms. The predicted octanol–water partition coefficient (Wildman–Crippen LogP) is 3.60. The number of aromatic nitrogens is 1. The highest BCUT2D eigenvalue weighted by molar-refractivity contribution is 6.30. The fraction of sp³-hybridized carbons (Fsp3) is 0.214. The molecule has 0 saturated carbocycles. The molecule has 3 nitrogen and oxygen atoms in total. The van der Waals surface area contributed by atoms with E-state index in [1.54, 1.807) is 6.07 Å². The third-order valence-corrected chi connectivity index (χ3v) is 2.89. The van der Waals surface area contributed by atoms with Crippen molar-refractivity contribution in [3.8, 4) is 11.6 Å². The second kappa shape index (κ2) is 5.38. The Bertz CT molecular complexity index is 570. The Morgan fingerprint density at radius 3 is 2.72 bits per heavy atom. The largest absolute Gasteiger partial charge is 0.438 e. The van der Waals surface area contributed by atoms with Gasteiger partial charge in [-0.3, -0.25) is 0 Å². The van der Waals surface area contributed by atoms with Gasteiger partial charge in [-0.1, -0.05) is 23.7 Å². The molecule has 0 aliphatic rings. The molecule has 0 bridgehead atoms. The molecule has 0 radical (unpaired) electrons. The summed E-state index contributed by atoms with van der Waals surface area (Å²) in [6.07, 6.45) is 0. The summed E-state index contributed by atoms with van der Waals surface area (Å²) in [7, 11) is 0. The first-order chi connectivity index (χ1) is 8.60. The van der Waals surface area contributed by atoms with Crippen LogP contribution in [0.1, 0.15) is 16.8 Å². The van der Waals surface area contributed by atoms with Gasteiger partial charge in [0.25, 0.3) is 0 Å². The zero-order valence-electron chi connectivity index (χ0n) is 10.4. The highest BCUT2D eigenvalue weighted by Crippen LogP contribution is 2.28. The normalized spacial score (nSPS) is 10.4.